The largest absolute Gasteiger partial charge is 0.378 e. The lowest BCUT2D eigenvalue weighted by molar-refractivity contribution is -0.116. The van der Waals surface area contributed by atoms with Crippen LogP contribution in [0, 0.1) is 0 Å². The van der Waals surface area contributed by atoms with Crippen LogP contribution in [-0.4, -0.2) is 50.3 Å². The molecule has 1 aromatic carbocycles. The predicted molar refractivity (Wildman–Crippen MR) is 86.5 cm³/mol. The van der Waals surface area contributed by atoms with E-state index in [1.165, 1.54) is 11.3 Å². The summed E-state index contributed by atoms with van der Waals surface area (Å²) in [4.78, 5) is 16.3. The molecule has 3 aliphatic rings. The Morgan fingerprint density at radius 1 is 1.29 bits per heavy atom. The number of carbonyl (C=O) groups excluding carboxylic acids is 1. The third-order valence-electron chi connectivity index (χ3n) is 4.82. The van der Waals surface area contributed by atoms with Crippen LogP contribution in [0.25, 0.3) is 0 Å². The quantitative estimate of drug-likeness (QED) is 0.793. The van der Waals surface area contributed by atoms with E-state index in [1.807, 2.05) is 16.7 Å². The van der Waals surface area contributed by atoms with E-state index >= 15 is 0 Å². The Morgan fingerprint density at radius 3 is 2.67 bits per heavy atom. The number of rotatable bonds is 1. The molecule has 3 heterocycles. The number of morpholine rings is 1. The van der Waals surface area contributed by atoms with E-state index in [-0.39, 0.29) is 11.3 Å². The number of ether oxygens (including phenoxy) is 1. The molecule has 0 atom stereocenters. The number of carbonyl (C=O) groups is 1. The summed E-state index contributed by atoms with van der Waals surface area (Å²) in [5, 5.41) is 0. The second-order valence-electron chi connectivity index (χ2n) is 6.18. The second-order valence-corrected chi connectivity index (χ2v) is 7.16. The Kier molecular flexibility index (Phi) is 3.15. The normalized spacial score (nSPS) is 23.1. The van der Waals surface area contributed by atoms with Gasteiger partial charge in [0.25, 0.3) is 0 Å². The highest BCUT2D eigenvalue weighted by atomic mass is 32.2. The van der Waals surface area contributed by atoms with Crippen molar-refractivity contribution in [2.24, 2.45) is 0 Å². The van der Waals surface area contributed by atoms with Crippen LogP contribution < -0.4 is 9.80 Å². The predicted octanol–water partition coefficient (Wildman–Crippen LogP) is 1.87. The zero-order valence-electron chi connectivity index (χ0n) is 12.3. The molecule has 3 aliphatic heterocycles. The summed E-state index contributed by atoms with van der Waals surface area (Å²) >= 11 is 1.98. The highest BCUT2D eigenvalue weighted by Gasteiger charge is 2.48. The maximum absolute atomic E-state index is 12.0. The number of thioether (sulfide) groups is 1. The summed E-state index contributed by atoms with van der Waals surface area (Å²) in [6, 6.07) is 6.68. The molecule has 21 heavy (non-hydrogen) atoms. The van der Waals surface area contributed by atoms with Crippen LogP contribution in [0.3, 0.4) is 0 Å². The van der Waals surface area contributed by atoms with Gasteiger partial charge in [-0.3, -0.25) is 4.79 Å². The first-order valence-electron chi connectivity index (χ1n) is 7.53. The van der Waals surface area contributed by atoms with Crippen LogP contribution in [-0.2, 0) is 14.9 Å². The minimum Gasteiger partial charge on any atom is -0.378 e. The molecule has 0 aromatic heterocycles. The fourth-order valence-corrected chi connectivity index (χ4v) is 4.75. The lowest BCUT2D eigenvalue weighted by atomic mass is 9.85. The van der Waals surface area contributed by atoms with Crippen molar-refractivity contribution in [1.29, 1.82) is 0 Å². The molecular weight excluding hydrogens is 284 g/mol. The van der Waals surface area contributed by atoms with E-state index in [9.17, 15) is 4.79 Å². The van der Waals surface area contributed by atoms with Crippen molar-refractivity contribution in [2.45, 2.75) is 12.3 Å². The van der Waals surface area contributed by atoms with E-state index in [4.69, 9.17) is 4.74 Å². The van der Waals surface area contributed by atoms with Crippen molar-refractivity contribution in [1.82, 2.24) is 0 Å². The number of anilines is 2. The number of hydrogen-bond donors (Lipinski definition) is 0. The molecule has 2 saturated heterocycles. The van der Waals surface area contributed by atoms with E-state index in [0.29, 0.717) is 0 Å². The monoisotopic (exact) mass is 304 g/mol. The fourth-order valence-electron chi connectivity index (χ4n) is 3.56. The minimum atomic E-state index is 0.157. The Balaban J connectivity index is 1.72. The number of fused-ring (bicyclic) bond motifs is 2. The molecule has 5 heteroatoms. The van der Waals surface area contributed by atoms with Gasteiger partial charge >= 0.3 is 0 Å². The summed E-state index contributed by atoms with van der Waals surface area (Å²) in [6.07, 6.45) is 0. The zero-order chi connectivity index (χ0) is 14.4. The van der Waals surface area contributed by atoms with Crippen LogP contribution in [0.4, 0.5) is 11.4 Å². The molecule has 2 fully saturated rings. The van der Waals surface area contributed by atoms with E-state index in [0.717, 1.165) is 50.0 Å². The number of nitrogens with zero attached hydrogens (tertiary/aromatic N) is 2. The molecule has 0 radical (unpaired) electrons. The summed E-state index contributed by atoms with van der Waals surface area (Å²) in [5.74, 6) is 2.44. The number of amides is 1. The lowest BCUT2D eigenvalue weighted by Gasteiger charge is -2.38. The van der Waals surface area contributed by atoms with Gasteiger partial charge in [-0.2, -0.15) is 11.8 Å². The summed E-state index contributed by atoms with van der Waals surface area (Å²) in [5.41, 5.74) is 3.93. The number of benzene rings is 1. The van der Waals surface area contributed by atoms with Crippen LogP contribution in [0.2, 0.25) is 0 Å². The second kappa shape index (κ2) is 4.92. The van der Waals surface area contributed by atoms with Crippen LogP contribution in [0.1, 0.15) is 12.5 Å². The third kappa shape index (κ3) is 2.06. The Hall–Kier alpha value is -1.20. The van der Waals surface area contributed by atoms with E-state index < -0.39 is 0 Å². The summed E-state index contributed by atoms with van der Waals surface area (Å²) in [6.45, 7) is 5.97. The van der Waals surface area contributed by atoms with E-state index in [1.54, 1.807) is 6.92 Å². The van der Waals surface area contributed by atoms with Crippen molar-refractivity contribution in [3.63, 3.8) is 0 Å². The van der Waals surface area contributed by atoms with Gasteiger partial charge in [-0.15, -0.1) is 0 Å². The Labute approximate surface area is 129 Å². The van der Waals surface area contributed by atoms with Gasteiger partial charge in [0.2, 0.25) is 5.91 Å². The lowest BCUT2D eigenvalue weighted by Crippen LogP contribution is -2.45. The molecule has 0 aliphatic carbocycles. The molecule has 112 valence electrons. The van der Waals surface area contributed by atoms with Crippen molar-refractivity contribution >= 4 is 29.0 Å². The first-order valence-corrected chi connectivity index (χ1v) is 8.68. The molecule has 0 unspecified atom stereocenters. The van der Waals surface area contributed by atoms with Crippen molar-refractivity contribution in [2.75, 3.05) is 54.2 Å². The molecular formula is C16H20N2O2S. The Bertz CT molecular complexity index is 580. The molecule has 4 nitrogen and oxygen atoms in total. The van der Waals surface area contributed by atoms with Gasteiger partial charge in [0.05, 0.1) is 13.2 Å². The summed E-state index contributed by atoms with van der Waals surface area (Å²) in [7, 11) is 0. The smallest absolute Gasteiger partial charge is 0.223 e. The average molecular weight is 304 g/mol. The molecule has 0 saturated carbocycles. The third-order valence-corrected chi connectivity index (χ3v) is 6.33. The maximum Gasteiger partial charge on any atom is 0.223 e. The van der Waals surface area contributed by atoms with Crippen LogP contribution in [0.15, 0.2) is 18.2 Å². The first kappa shape index (κ1) is 13.5. The molecule has 4 rings (SSSR count). The molecule has 1 aromatic rings. The maximum atomic E-state index is 12.0. The van der Waals surface area contributed by atoms with Gasteiger partial charge in [0.15, 0.2) is 0 Å². The topological polar surface area (TPSA) is 32.8 Å². The van der Waals surface area contributed by atoms with Crippen LogP contribution in [0.5, 0.6) is 0 Å². The van der Waals surface area contributed by atoms with Crippen molar-refractivity contribution in [3.05, 3.63) is 23.8 Å². The SMILES string of the molecule is CC(=O)N1CC2(CSC2)c2ccc(N3CCOCC3)cc21. The fraction of sp³-hybridized carbons (Fsp3) is 0.562. The standard InChI is InChI=1S/C16H20N2O2S/c1-12(19)18-9-16(10-21-11-16)14-3-2-13(8-15(14)18)17-4-6-20-7-5-17/h2-3,8H,4-7,9-11H2,1H3. The van der Waals surface area contributed by atoms with Gasteiger partial charge < -0.3 is 14.5 Å². The summed E-state index contributed by atoms with van der Waals surface area (Å²) < 4.78 is 5.42. The molecule has 1 amide bonds. The molecule has 1 spiro atoms. The van der Waals surface area contributed by atoms with Gasteiger partial charge in [-0.05, 0) is 17.7 Å². The zero-order valence-corrected chi connectivity index (χ0v) is 13.1. The van der Waals surface area contributed by atoms with E-state index in [2.05, 4.69) is 23.1 Å². The molecule has 0 N–H and O–H groups in total. The van der Waals surface area contributed by atoms with Crippen molar-refractivity contribution in [3.8, 4) is 0 Å². The van der Waals surface area contributed by atoms with Gasteiger partial charge in [0, 0.05) is 54.9 Å². The first-order chi connectivity index (χ1) is 10.2. The molecule has 0 bridgehead atoms. The highest BCUT2D eigenvalue weighted by Crippen LogP contribution is 2.51. The Morgan fingerprint density at radius 2 is 2.05 bits per heavy atom. The van der Waals surface area contributed by atoms with Gasteiger partial charge in [-0.25, -0.2) is 0 Å². The van der Waals surface area contributed by atoms with Gasteiger partial charge in [-0.1, -0.05) is 6.07 Å². The highest BCUT2D eigenvalue weighted by molar-refractivity contribution is 8.00. The van der Waals surface area contributed by atoms with Crippen molar-refractivity contribution < 1.29 is 9.53 Å². The van der Waals surface area contributed by atoms with Crippen LogP contribution >= 0.6 is 11.8 Å². The average Bonchev–Trinajstić information content (AvgIpc) is 2.83. The number of hydrogen-bond acceptors (Lipinski definition) is 4. The minimum absolute atomic E-state index is 0.157. The van der Waals surface area contributed by atoms with Gasteiger partial charge in [0.1, 0.15) is 0 Å².